The lowest BCUT2D eigenvalue weighted by Crippen LogP contribution is -2.09. The molecule has 0 unspecified atom stereocenters. The zero-order chi connectivity index (χ0) is 13.3. The van der Waals surface area contributed by atoms with Crippen LogP contribution in [0.25, 0.3) is 11.4 Å². The van der Waals surface area contributed by atoms with E-state index in [9.17, 15) is 5.11 Å². The molecule has 0 radical (unpaired) electrons. The van der Waals surface area contributed by atoms with Gasteiger partial charge in [-0.25, -0.2) is 0 Å². The highest BCUT2D eigenvalue weighted by atomic mass is 16.3. The summed E-state index contributed by atoms with van der Waals surface area (Å²) in [7, 11) is 0. The summed E-state index contributed by atoms with van der Waals surface area (Å²) >= 11 is 0. The van der Waals surface area contributed by atoms with Gasteiger partial charge in [0.2, 0.25) is 0 Å². The van der Waals surface area contributed by atoms with Crippen LogP contribution in [0, 0.1) is 13.8 Å². The summed E-state index contributed by atoms with van der Waals surface area (Å²) in [4.78, 5) is 0. The van der Waals surface area contributed by atoms with Gasteiger partial charge in [0.05, 0.1) is 0 Å². The molecule has 0 saturated heterocycles. The molecule has 0 aliphatic carbocycles. The predicted octanol–water partition coefficient (Wildman–Crippen LogP) is 2.64. The first-order valence-electron chi connectivity index (χ1n) is 6.17. The van der Waals surface area contributed by atoms with Crippen molar-refractivity contribution in [2.75, 3.05) is 0 Å². The Morgan fingerprint density at radius 3 is 2.28 bits per heavy atom. The van der Waals surface area contributed by atoms with Crippen LogP contribution in [0.5, 0.6) is 0 Å². The zero-order valence-corrected chi connectivity index (χ0v) is 11.3. The van der Waals surface area contributed by atoms with E-state index in [4.69, 9.17) is 0 Å². The van der Waals surface area contributed by atoms with Crippen molar-refractivity contribution in [2.24, 2.45) is 0 Å². The highest BCUT2D eigenvalue weighted by molar-refractivity contribution is 5.64. The maximum absolute atomic E-state index is 9.34. The van der Waals surface area contributed by atoms with Crippen molar-refractivity contribution in [1.82, 2.24) is 14.8 Å². The quantitative estimate of drug-likeness (QED) is 0.904. The van der Waals surface area contributed by atoms with E-state index in [0.29, 0.717) is 5.82 Å². The van der Waals surface area contributed by atoms with Crippen LogP contribution < -0.4 is 0 Å². The fourth-order valence-electron chi connectivity index (χ4n) is 2.31. The normalized spacial score (nSPS) is 11.2. The minimum atomic E-state index is -0.0872. The number of aliphatic hydroxyl groups is 1. The minimum absolute atomic E-state index is 0.0872. The summed E-state index contributed by atoms with van der Waals surface area (Å²) in [6, 6.07) is 6.40. The van der Waals surface area contributed by atoms with Gasteiger partial charge in [0, 0.05) is 11.6 Å². The molecule has 0 saturated carbocycles. The fourth-order valence-corrected chi connectivity index (χ4v) is 2.31. The second-order valence-corrected chi connectivity index (χ2v) is 4.83. The number of nitrogens with zero attached hydrogens (tertiary/aromatic N) is 3. The zero-order valence-electron chi connectivity index (χ0n) is 11.3. The Morgan fingerprint density at radius 1 is 1.17 bits per heavy atom. The van der Waals surface area contributed by atoms with Crippen molar-refractivity contribution in [3.05, 3.63) is 35.2 Å². The standard InChI is InChI=1S/C14H19N3O/c1-9(2)17-12(8-18)15-16-14(17)13-10(3)6-5-7-11(13)4/h5-7,9,18H,8H2,1-4H3. The molecule has 2 aromatic rings. The van der Waals surface area contributed by atoms with Crippen LogP contribution in [0.3, 0.4) is 0 Å². The summed E-state index contributed by atoms with van der Waals surface area (Å²) < 4.78 is 2.00. The molecule has 0 fully saturated rings. The first-order valence-corrected chi connectivity index (χ1v) is 6.17. The molecular formula is C14H19N3O. The van der Waals surface area contributed by atoms with Crippen LogP contribution in [-0.4, -0.2) is 19.9 Å². The van der Waals surface area contributed by atoms with E-state index in [2.05, 4.69) is 50.0 Å². The third-order valence-corrected chi connectivity index (χ3v) is 3.13. The number of hydrogen-bond acceptors (Lipinski definition) is 3. The van der Waals surface area contributed by atoms with E-state index in [1.165, 1.54) is 11.1 Å². The van der Waals surface area contributed by atoms with Gasteiger partial charge in [0.15, 0.2) is 11.6 Å². The third-order valence-electron chi connectivity index (χ3n) is 3.13. The van der Waals surface area contributed by atoms with Gasteiger partial charge < -0.3 is 9.67 Å². The van der Waals surface area contributed by atoms with Crippen molar-refractivity contribution in [1.29, 1.82) is 0 Å². The molecule has 1 N–H and O–H groups in total. The van der Waals surface area contributed by atoms with E-state index >= 15 is 0 Å². The van der Waals surface area contributed by atoms with Crippen molar-refractivity contribution >= 4 is 0 Å². The molecule has 1 aromatic heterocycles. The molecular weight excluding hydrogens is 226 g/mol. The summed E-state index contributed by atoms with van der Waals surface area (Å²) in [6.45, 7) is 8.19. The number of aromatic nitrogens is 3. The molecule has 4 nitrogen and oxygen atoms in total. The van der Waals surface area contributed by atoms with Crippen LogP contribution >= 0.6 is 0 Å². The van der Waals surface area contributed by atoms with Gasteiger partial charge in [-0.2, -0.15) is 0 Å². The highest BCUT2D eigenvalue weighted by Gasteiger charge is 2.18. The third kappa shape index (κ3) is 2.04. The van der Waals surface area contributed by atoms with E-state index in [1.54, 1.807) is 0 Å². The van der Waals surface area contributed by atoms with Crippen LogP contribution in [0.15, 0.2) is 18.2 Å². The molecule has 1 heterocycles. The Hall–Kier alpha value is -1.68. The SMILES string of the molecule is Cc1cccc(C)c1-c1nnc(CO)n1C(C)C. The first kappa shape index (κ1) is 12.8. The topological polar surface area (TPSA) is 50.9 Å². The average molecular weight is 245 g/mol. The lowest BCUT2D eigenvalue weighted by molar-refractivity contribution is 0.262. The number of aliphatic hydroxyl groups excluding tert-OH is 1. The van der Waals surface area contributed by atoms with E-state index in [1.807, 2.05) is 10.6 Å². The van der Waals surface area contributed by atoms with Crippen molar-refractivity contribution in [3.63, 3.8) is 0 Å². The maximum Gasteiger partial charge on any atom is 0.164 e. The Bertz CT molecular complexity index is 538. The molecule has 0 amide bonds. The monoisotopic (exact) mass is 245 g/mol. The van der Waals surface area contributed by atoms with Crippen LogP contribution in [0.2, 0.25) is 0 Å². The lowest BCUT2D eigenvalue weighted by Gasteiger charge is -2.15. The summed E-state index contributed by atoms with van der Waals surface area (Å²) in [6.07, 6.45) is 0. The molecule has 0 spiro atoms. The van der Waals surface area contributed by atoms with Gasteiger partial charge in [-0.3, -0.25) is 0 Å². The van der Waals surface area contributed by atoms with Gasteiger partial charge in [-0.05, 0) is 38.8 Å². The number of aryl methyl sites for hydroxylation is 2. The molecule has 0 aliphatic heterocycles. The second-order valence-electron chi connectivity index (χ2n) is 4.83. The second kappa shape index (κ2) is 4.90. The molecule has 1 aromatic carbocycles. The largest absolute Gasteiger partial charge is 0.388 e. The van der Waals surface area contributed by atoms with E-state index < -0.39 is 0 Å². The Labute approximate surface area is 107 Å². The Morgan fingerprint density at radius 2 is 1.78 bits per heavy atom. The number of benzene rings is 1. The molecule has 0 bridgehead atoms. The summed E-state index contributed by atoms with van der Waals surface area (Å²) in [5.74, 6) is 1.45. The fraction of sp³-hybridized carbons (Fsp3) is 0.429. The van der Waals surface area contributed by atoms with Crippen LogP contribution in [0.4, 0.5) is 0 Å². The summed E-state index contributed by atoms with van der Waals surface area (Å²) in [5, 5.41) is 17.7. The van der Waals surface area contributed by atoms with Gasteiger partial charge in [0.1, 0.15) is 6.61 Å². The Kier molecular flexibility index (Phi) is 3.48. The van der Waals surface area contributed by atoms with Gasteiger partial charge in [-0.15, -0.1) is 10.2 Å². The minimum Gasteiger partial charge on any atom is -0.388 e. The van der Waals surface area contributed by atoms with Crippen LogP contribution in [0.1, 0.15) is 36.8 Å². The Balaban J connectivity index is 2.68. The van der Waals surface area contributed by atoms with Crippen LogP contribution in [-0.2, 0) is 6.61 Å². The summed E-state index contributed by atoms with van der Waals surface area (Å²) in [5.41, 5.74) is 3.46. The van der Waals surface area contributed by atoms with E-state index in [0.717, 1.165) is 11.4 Å². The maximum atomic E-state index is 9.34. The first-order chi connectivity index (χ1) is 8.56. The molecule has 96 valence electrons. The highest BCUT2D eigenvalue weighted by Crippen LogP contribution is 2.28. The van der Waals surface area contributed by atoms with Gasteiger partial charge in [0.25, 0.3) is 0 Å². The van der Waals surface area contributed by atoms with Gasteiger partial charge in [-0.1, -0.05) is 18.2 Å². The number of hydrogen-bond donors (Lipinski definition) is 1. The van der Waals surface area contributed by atoms with Crippen molar-refractivity contribution < 1.29 is 5.11 Å². The van der Waals surface area contributed by atoms with E-state index in [-0.39, 0.29) is 12.6 Å². The smallest absolute Gasteiger partial charge is 0.164 e. The van der Waals surface area contributed by atoms with Crippen molar-refractivity contribution in [3.8, 4) is 11.4 Å². The average Bonchev–Trinajstić information content (AvgIpc) is 2.72. The molecule has 0 aliphatic rings. The molecule has 4 heteroatoms. The van der Waals surface area contributed by atoms with Gasteiger partial charge >= 0.3 is 0 Å². The molecule has 0 atom stereocenters. The number of rotatable bonds is 3. The molecule has 18 heavy (non-hydrogen) atoms. The van der Waals surface area contributed by atoms with Crippen molar-refractivity contribution in [2.45, 2.75) is 40.3 Å². The molecule has 2 rings (SSSR count). The lowest BCUT2D eigenvalue weighted by atomic mass is 10.0. The predicted molar refractivity (Wildman–Crippen MR) is 71.2 cm³/mol.